The zero-order valence-electron chi connectivity index (χ0n) is 32.4. The number of oxazole rings is 1. The minimum absolute atomic E-state index is 0.191. The first kappa shape index (κ1) is 28.3. The van der Waals surface area contributed by atoms with Crippen LogP contribution in [-0.4, -0.2) is 15.0 Å². The third-order valence-electron chi connectivity index (χ3n) is 9.00. The van der Waals surface area contributed by atoms with E-state index in [4.69, 9.17) is 17.9 Å². The standard InChI is InChI=1S/C41H49N3O2/c1-21(2)25-16-27(22(3)4)34(28(17-25)23(5)6)35-37-29(18-31-38(35)46-39(44-31)41(11,12)13)33-24(7)14-15-26(36(33)45-37)30-19-32(40(8,9)10)43-20-42-30/h14-23H,1-13H3/i7D3. The first-order valence-electron chi connectivity index (χ1n) is 18.0. The van der Waals surface area contributed by atoms with Crippen LogP contribution in [0.2, 0.25) is 0 Å². The smallest absolute Gasteiger partial charge is 0.200 e. The Morgan fingerprint density at radius 1 is 0.696 bits per heavy atom. The highest BCUT2D eigenvalue weighted by molar-refractivity contribution is 6.19. The molecule has 0 radical (unpaired) electrons. The molecule has 0 N–H and O–H groups in total. The lowest BCUT2D eigenvalue weighted by molar-refractivity contribution is 0.411. The maximum Gasteiger partial charge on any atom is 0.200 e. The Hall–Kier alpha value is -3.99. The molecule has 3 aromatic heterocycles. The topological polar surface area (TPSA) is 65.0 Å². The number of hydrogen-bond acceptors (Lipinski definition) is 5. The van der Waals surface area contributed by atoms with Crippen LogP contribution in [0.15, 0.2) is 51.6 Å². The van der Waals surface area contributed by atoms with Crippen molar-refractivity contribution in [2.45, 2.75) is 119 Å². The minimum atomic E-state index is -2.39. The fourth-order valence-electron chi connectivity index (χ4n) is 6.31. The van der Waals surface area contributed by atoms with E-state index in [2.05, 4.69) is 105 Å². The summed E-state index contributed by atoms with van der Waals surface area (Å²) in [4.78, 5) is 14.2. The van der Waals surface area contributed by atoms with Gasteiger partial charge in [-0.25, -0.2) is 15.0 Å². The molecule has 3 heterocycles. The summed E-state index contributed by atoms with van der Waals surface area (Å²) >= 11 is 0. The Bertz CT molecular complexity index is 2190. The fraction of sp³-hybridized carbons (Fsp3) is 0.439. The van der Waals surface area contributed by atoms with Gasteiger partial charge in [-0.2, -0.15) is 0 Å². The van der Waals surface area contributed by atoms with Crippen LogP contribution in [0.5, 0.6) is 0 Å². The summed E-state index contributed by atoms with van der Waals surface area (Å²) in [5.41, 5.74) is 9.86. The van der Waals surface area contributed by atoms with Gasteiger partial charge < -0.3 is 8.83 Å². The van der Waals surface area contributed by atoms with Crippen LogP contribution < -0.4 is 0 Å². The lowest BCUT2D eigenvalue weighted by Gasteiger charge is -2.23. The van der Waals surface area contributed by atoms with Crippen molar-refractivity contribution < 1.29 is 12.9 Å². The van der Waals surface area contributed by atoms with Gasteiger partial charge in [-0.1, -0.05) is 101 Å². The van der Waals surface area contributed by atoms with Gasteiger partial charge >= 0.3 is 0 Å². The van der Waals surface area contributed by atoms with Crippen LogP contribution in [0.1, 0.15) is 139 Å². The van der Waals surface area contributed by atoms with E-state index in [1.54, 1.807) is 12.4 Å². The summed E-state index contributed by atoms with van der Waals surface area (Å²) in [6.45, 7) is 23.5. The molecular formula is C41H49N3O2. The Morgan fingerprint density at radius 2 is 1.37 bits per heavy atom. The summed E-state index contributed by atoms with van der Waals surface area (Å²) in [5, 5.41) is 1.24. The second-order valence-corrected chi connectivity index (χ2v) is 15.8. The second kappa shape index (κ2) is 11.1. The third kappa shape index (κ3) is 5.32. The fourth-order valence-corrected chi connectivity index (χ4v) is 6.31. The maximum absolute atomic E-state index is 8.60. The maximum atomic E-state index is 8.60. The molecule has 0 fully saturated rings. The van der Waals surface area contributed by atoms with Crippen LogP contribution in [0.25, 0.3) is 55.4 Å². The van der Waals surface area contributed by atoms with E-state index in [1.807, 2.05) is 18.2 Å². The first-order valence-corrected chi connectivity index (χ1v) is 16.5. The summed E-state index contributed by atoms with van der Waals surface area (Å²) in [7, 11) is 0. The molecule has 0 amide bonds. The summed E-state index contributed by atoms with van der Waals surface area (Å²) in [5.74, 6) is 1.34. The van der Waals surface area contributed by atoms with Gasteiger partial charge in [0.25, 0.3) is 0 Å². The number of furan rings is 1. The van der Waals surface area contributed by atoms with E-state index in [9.17, 15) is 0 Å². The molecule has 0 spiro atoms. The van der Waals surface area contributed by atoms with Crippen LogP contribution in [-0.2, 0) is 10.8 Å². The van der Waals surface area contributed by atoms with Gasteiger partial charge in [0.15, 0.2) is 5.58 Å². The number of hydrogen-bond donors (Lipinski definition) is 0. The highest BCUT2D eigenvalue weighted by Crippen LogP contribution is 2.49. The Labute approximate surface area is 278 Å². The normalized spacial score (nSPS) is 14.3. The van der Waals surface area contributed by atoms with Crippen molar-refractivity contribution >= 4 is 33.0 Å². The first-order chi connectivity index (χ1) is 22.7. The third-order valence-corrected chi connectivity index (χ3v) is 9.00. The quantitative estimate of drug-likeness (QED) is 0.192. The van der Waals surface area contributed by atoms with Crippen LogP contribution in [0.4, 0.5) is 0 Å². The number of rotatable bonds is 5. The van der Waals surface area contributed by atoms with E-state index < -0.39 is 6.85 Å². The Kier molecular flexibility index (Phi) is 6.80. The van der Waals surface area contributed by atoms with E-state index in [1.165, 1.54) is 16.7 Å². The summed E-state index contributed by atoms with van der Waals surface area (Å²) in [6, 6.07) is 12.1. The monoisotopic (exact) mass is 618 g/mol. The van der Waals surface area contributed by atoms with Gasteiger partial charge in [-0.15, -0.1) is 0 Å². The number of benzene rings is 3. The molecule has 0 bridgehead atoms. The molecule has 6 aromatic rings. The van der Waals surface area contributed by atoms with E-state index in [0.29, 0.717) is 56.1 Å². The Balaban J connectivity index is 1.87. The van der Waals surface area contributed by atoms with Crippen LogP contribution >= 0.6 is 0 Å². The lowest BCUT2D eigenvalue weighted by atomic mass is 9.81. The van der Waals surface area contributed by atoms with Gasteiger partial charge in [-0.05, 0) is 70.6 Å². The summed E-state index contributed by atoms with van der Waals surface area (Å²) < 4.78 is 39.6. The van der Waals surface area contributed by atoms with Gasteiger partial charge in [0.2, 0.25) is 5.89 Å². The van der Waals surface area contributed by atoms with Crippen molar-refractivity contribution in [1.29, 1.82) is 0 Å². The molecule has 0 aliphatic rings. The molecule has 0 aliphatic carbocycles. The average Bonchev–Trinajstić information content (AvgIpc) is 3.60. The van der Waals surface area contributed by atoms with Gasteiger partial charge in [0, 0.05) is 37.0 Å². The average molecular weight is 619 g/mol. The summed E-state index contributed by atoms with van der Waals surface area (Å²) in [6.07, 6.45) is 1.57. The highest BCUT2D eigenvalue weighted by Gasteiger charge is 2.30. The predicted octanol–water partition coefficient (Wildman–Crippen LogP) is 12.1. The van der Waals surface area contributed by atoms with Gasteiger partial charge in [0.05, 0.1) is 11.3 Å². The highest BCUT2D eigenvalue weighted by atomic mass is 16.4. The van der Waals surface area contributed by atoms with Crippen molar-refractivity contribution in [1.82, 2.24) is 15.0 Å². The van der Waals surface area contributed by atoms with Gasteiger partial charge in [0.1, 0.15) is 23.0 Å². The van der Waals surface area contributed by atoms with E-state index in [-0.39, 0.29) is 28.2 Å². The van der Waals surface area contributed by atoms with Crippen molar-refractivity contribution in [3.8, 4) is 22.4 Å². The zero-order valence-corrected chi connectivity index (χ0v) is 29.4. The van der Waals surface area contributed by atoms with Crippen molar-refractivity contribution in [2.24, 2.45) is 0 Å². The molecule has 6 rings (SSSR count). The largest absolute Gasteiger partial charge is 0.455 e. The molecule has 0 unspecified atom stereocenters. The molecule has 0 saturated carbocycles. The van der Waals surface area contributed by atoms with Crippen molar-refractivity contribution in [2.75, 3.05) is 0 Å². The number of aryl methyl sites for hydroxylation is 1. The van der Waals surface area contributed by atoms with E-state index in [0.717, 1.165) is 16.8 Å². The molecule has 3 aromatic carbocycles. The lowest BCUT2D eigenvalue weighted by Crippen LogP contribution is -2.13. The number of fused-ring (bicyclic) bond motifs is 4. The Morgan fingerprint density at radius 3 is 1.93 bits per heavy atom. The molecular weight excluding hydrogens is 566 g/mol. The second-order valence-electron chi connectivity index (χ2n) is 15.8. The minimum Gasteiger partial charge on any atom is -0.455 e. The van der Waals surface area contributed by atoms with Gasteiger partial charge in [-0.3, -0.25) is 0 Å². The van der Waals surface area contributed by atoms with Crippen LogP contribution in [0.3, 0.4) is 0 Å². The number of nitrogens with zero attached hydrogens (tertiary/aromatic N) is 3. The van der Waals surface area contributed by atoms with E-state index >= 15 is 0 Å². The number of aromatic nitrogens is 3. The molecule has 240 valence electrons. The molecule has 5 heteroatoms. The zero-order chi connectivity index (χ0) is 36.0. The molecule has 5 nitrogen and oxygen atoms in total. The SMILES string of the molecule is [2H]C([2H])([2H])c1ccc(-c2cc(C(C)(C)C)ncn2)c2oc3c(-c4c(C(C)C)cc(C(C)C)cc4C(C)C)c4oc(C(C)(C)C)nc4cc3c12. The van der Waals surface area contributed by atoms with Crippen molar-refractivity contribution in [3.63, 3.8) is 0 Å². The molecule has 0 saturated heterocycles. The molecule has 0 aliphatic heterocycles. The molecule has 0 atom stereocenters. The predicted molar refractivity (Wildman–Crippen MR) is 192 cm³/mol. The molecule has 46 heavy (non-hydrogen) atoms. The van der Waals surface area contributed by atoms with Crippen molar-refractivity contribution in [3.05, 3.63) is 76.6 Å². The van der Waals surface area contributed by atoms with Crippen LogP contribution in [0, 0.1) is 6.85 Å².